The van der Waals surface area contributed by atoms with Gasteiger partial charge in [0.2, 0.25) is 0 Å². The monoisotopic (exact) mass is 413 g/mol. The molecule has 0 amide bonds. The molecule has 0 spiro atoms. The molecule has 0 aliphatic carbocycles. The van der Waals surface area contributed by atoms with E-state index >= 15 is 0 Å². The number of carboxylic acids is 1. The van der Waals surface area contributed by atoms with Gasteiger partial charge in [-0.1, -0.05) is 37.3 Å². The van der Waals surface area contributed by atoms with Gasteiger partial charge in [-0.3, -0.25) is 4.31 Å². The molecule has 1 N–H and O–H groups in total. The maximum atomic E-state index is 13.4. The minimum Gasteiger partial charge on any atom is -0.478 e. The molecule has 0 heterocycles. The number of aromatic carboxylic acids is 1. The van der Waals surface area contributed by atoms with Crippen molar-refractivity contribution in [3.05, 3.63) is 95.3 Å². The highest BCUT2D eigenvalue weighted by Crippen LogP contribution is 2.29. The molecule has 29 heavy (non-hydrogen) atoms. The highest BCUT2D eigenvalue weighted by Gasteiger charge is 2.27. The van der Waals surface area contributed by atoms with Crippen LogP contribution in [0.5, 0.6) is 0 Å². The van der Waals surface area contributed by atoms with Crippen molar-refractivity contribution in [2.75, 3.05) is 4.31 Å². The van der Waals surface area contributed by atoms with E-state index in [0.717, 1.165) is 17.7 Å². The van der Waals surface area contributed by atoms with E-state index in [0.29, 0.717) is 17.7 Å². The Bertz CT molecular complexity index is 1130. The molecule has 3 rings (SSSR count). The van der Waals surface area contributed by atoms with Crippen LogP contribution in [0, 0.1) is 5.82 Å². The van der Waals surface area contributed by atoms with Crippen LogP contribution in [0.25, 0.3) is 0 Å². The zero-order valence-electron chi connectivity index (χ0n) is 15.7. The molecule has 150 valence electrons. The number of nitrogens with zero attached hydrogens (tertiary/aromatic N) is 1. The summed E-state index contributed by atoms with van der Waals surface area (Å²) in [7, 11) is -4.02. The first-order valence-corrected chi connectivity index (χ1v) is 10.5. The van der Waals surface area contributed by atoms with Crippen LogP contribution in [0.2, 0.25) is 0 Å². The maximum absolute atomic E-state index is 13.4. The second kappa shape index (κ2) is 8.45. The Morgan fingerprint density at radius 3 is 2.34 bits per heavy atom. The average molecular weight is 413 g/mol. The number of halogens is 1. The Labute approximate surface area is 169 Å². The fraction of sp³-hybridized carbons (Fsp3) is 0.136. The number of anilines is 1. The average Bonchev–Trinajstić information content (AvgIpc) is 2.72. The zero-order valence-corrected chi connectivity index (χ0v) is 16.6. The number of rotatable bonds is 7. The number of benzene rings is 3. The van der Waals surface area contributed by atoms with Crippen molar-refractivity contribution in [3.8, 4) is 0 Å². The van der Waals surface area contributed by atoms with E-state index < -0.39 is 21.8 Å². The number of aryl methyl sites for hydroxylation is 1. The number of hydrogen-bond donors (Lipinski definition) is 1. The lowest BCUT2D eigenvalue weighted by Gasteiger charge is -2.27. The van der Waals surface area contributed by atoms with Gasteiger partial charge in [-0.2, -0.15) is 0 Å². The molecule has 5 nitrogen and oxygen atoms in total. The van der Waals surface area contributed by atoms with E-state index in [2.05, 4.69) is 0 Å². The molecule has 0 radical (unpaired) electrons. The van der Waals surface area contributed by atoms with Crippen molar-refractivity contribution in [1.82, 2.24) is 0 Å². The first-order valence-electron chi connectivity index (χ1n) is 9.01. The Balaban J connectivity index is 2.13. The van der Waals surface area contributed by atoms with Crippen LogP contribution < -0.4 is 4.31 Å². The Morgan fingerprint density at radius 2 is 1.69 bits per heavy atom. The maximum Gasteiger partial charge on any atom is 0.335 e. The molecule has 3 aromatic carbocycles. The van der Waals surface area contributed by atoms with Crippen LogP contribution in [-0.2, 0) is 23.0 Å². The van der Waals surface area contributed by atoms with Crippen LogP contribution in [0.1, 0.15) is 28.4 Å². The van der Waals surface area contributed by atoms with Gasteiger partial charge in [-0.25, -0.2) is 17.6 Å². The molecule has 7 heteroatoms. The van der Waals surface area contributed by atoms with Crippen molar-refractivity contribution in [2.24, 2.45) is 0 Å². The van der Waals surface area contributed by atoms with Crippen molar-refractivity contribution in [3.63, 3.8) is 0 Å². The van der Waals surface area contributed by atoms with E-state index in [1.165, 1.54) is 28.6 Å². The van der Waals surface area contributed by atoms with Gasteiger partial charge in [-0.15, -0.1) is 0 Å². The molecule has 0 unspecified atom stereocenters. The normalized spacial score (nSPS) is 11.2. The van der Waals surface area contributed by atoms with Crippen molar-refractivity contribution in [1.29, 1.82) is 0 Å². The summed E-state index contributed by atoms with van der Waals surface area (Å²) in [5.74, 6) is -1.62. The zero-order chi connectivity index (χ0) is 21.0. The molecule has 0 saturated heterocycles. The van der Waals surface area contributed by atoms with Gasteiger partial charge in [0.05, 0.1) is 22.7 Å². The standard InChI is InChI=1S/C22H20FNO4S/c1-2-17-7-3-4-9-21(17)24(15-16-6-5-8-18(14-16)22(25)26)29(27,28)20-12-10-19(23)11-13-20/h3-14H,2,15H2,1H3,(H,25,26). The number of carboxylic acid groups (broad SMARTS) is 1. The van der Waals surface area contributed by atoms with Crippen molar-refractivity contribution in [2.45, 2.75) is 24.8 Å². The lowest BCUT2D eigenvalue weighted by atomic mass is 10.1. The van der Waals surface area contributed by atoms with Crippen LogP contribution in [-0.4, -0.2) is 19.5 Å². The molecule has 0 aliphatic rings. The van der Waals surface area contributed by atoms with Gasteiger partial charge in [0.1, 0.15) is 5.82 Å². The lowest BCUT2D eigenvalue weighted by molar-refractivity contribution is 0.0696. The quantitative estimate of drug-likeness (QED) is 0.620. The summed E-state index contributed by atoms with van der Waals surface area (Å²) >= 11 is 0. The van der Waals surface area contributed by atoms with E-state index in [4.69, 9.17) is 0 Å². The first kappa shape index (κ1) is 20.5. The molecule has 0 fully saturated rings. The number of sulfonamides is 1. The molecular formula is C22H20FNO4S. The van der Waals surface area contributed by atoms with Gasteiger partial charge in [0, 0.05) is 0 Å². The molecule has 0 aliphatic heterocycles. The van der Waals surface area contributed by atoms with E-state index in [9.17, 15) is 22.7 Å². The Kier molecular flexibility index (Phi) is 5.98. The van der Waals surface area contributed by atoms with E-state index in [-0.39, 0.29) is 17.0 Å². The predicted octanol–water partition coefficient (Wildman–Crippen LogP) is 4.48. The third-order valence-corrected chi connectivity index (χ3v) is 6.32. The summed E-state index contributed by atoms with van der Waals surface area (Å²) in [5, 5.41) is 9.24. The van der Waals surface area contributed by atoms with Crippen molar-refractivity contribution >= 4 is 21.7 Å². The molecule has 0 saturated carbocycles. The third kappa shape index (κ3) is 4.46. The lowest BCUT2D eigenvalue weighted by Crippen LogP contribution is -2.31. The minimum atomic E-state index is -4.02. The summed E-state index contributed by atoms with van der Waals surface area (Å²) in [5.41, 5.74) is 1.93. The van der Waals surface area contributed by atoms with Crippen LogP contribution in [0.4, 0.5) is 10.1 Å². The highest BCUT2D eigenvalue weighted by atomic mass is 32.2. The second-order valence-electron chi connectivity index (χ2n) is 6.45. The summed E-state index contributed by atoms with van der Waals surface area (Å²) in [6.07, 6.45) is 0.612. The molecule has 0 aromatic heterocycles. The van der Waals surface area contributed by atoms with Crippen LogP contribution >= 0.6 is 0 Å². The fourth-order valence-corrected chi connectivity index (χ4v) is 4.55. The summed E-state index contributed by atoms with van der Waals surface area (Å²) in [6.45, 7) is 1.87. The first-order chi connectivity index (χ1) is 13.8. The van der Waals surface area contributed by atoms with Gasteiger partial charge in [0.15, 0.2) is 0 Å². The van der Waals surface area contributed by atoms with Crippen LogP contribution in [0.15, 0.2) is 77.7 Å². The van der Waals surface area contributed by atoms with Crippen molar-refractivity contribution < 1.29 is 22.7 Å². The molecule has 0 atom stereocenters. The smallest absolute Gasteiger partial charge is 0.335 e. The Morgan fingerprint density at radius 1 is 1.00 bits per heavy atom. The van der Waals surface area contributed by atoms with Gasteiger partial charge in [0.25, 0.3) is 10.0 Å². The largest absolute Gasteiger partial charge is 0.478 e. The topological polar surface area (TPSA) is 74.7 Å². The van der Waals surface area contributed by atoms with Gasteiger partial charge in [-0.05, 0) is 60.0 Å². The van der Waals surface area contributed by atoms with Gasteiger partial charge < -0.3 is 5.11 Å². The summed E-state index contributed by atoms with van der Waals surface area (Å²) < 4.78 is 41.4. The summed E-state index contributed by atoms with van der Waals surface area (Å²) in [6, 6.07) is 17.9. The van der Waals surface area contributed by atoms with Crippen LogP contribution in [0.3, 0.4) is 0 Å². The third-order valence-electron chi connectivity index (χ3n) is 4.54. The number of para-hydroxylation sites is 1. The van der Waals surface area contributed by atoms with Gasteiger partial charge >= 0.3 is 5.97 Å². The SMILES string of the molecule is CCc1ccccc1N(Cc1cccc(C(=O)O)c1)S(=O)(=O)c1ccc(F)cc1. The number of hydrogen-bond acceptors (Lipinski definition) is 3. The number of carbonyl (C=O) groups is 1. The molecular weight excluding hydrogens is 393 g/mol. The Hall–Kier alpha value is -3.19. The van der Waals surface area contributed by atoms with E-state index in [1.807, 2.05) is 19.1 Å². The molecule has 3 aromatic rings. The second-order valence-corrected chi connectivity index (χ2v) is 8.32. The van der Waals surface area contributed by atoms with E-state index in [1.54, 1.807) is 24.3 Å². The summed E-state index contributed by atoms with van der Waals surface area (Å²) in [4.78, 5) is 11.2. The molecule has 0 bridgehead atoms. The fourth-order valence-electron chi connectivity index (χ4n) is 3.06. The minimum absolute atomic E-state index is 0.0424. The highest BCUT2D eigenvalue weighted by molar-refractivity contribution is 7.92. The predicted molar refractivity (Wildman–Crippen MR) is 109 cm³/mol.